The lowest BCUT2D eigenvalue weighted by atomic mass is 10.5. The summed E-state index contributed by atoms with van der Waals surface area (Å²) in [6, 6.07) is 0. The number of hydrogen-bond acceptors (Lipinski definition) is 4. The number of sulfone groups is 1. The molecule has 0 atom stereocenters. The molecule has 0 unspecified atom stereocenters. The van der Waals surface area contributed by atoms with E-state index in [1.807, 2.05) is 0 Å². The summed E-state index contributed by atoms with van der Waals surface area (Å²) < 4.78 is 26.9. The lowest BCUT2D eigenvalue weighted by Crippen LogP contribution is -2.12. The first-order valence-electron chi connectivity index (χ1n) is 3.25. The molecule has 0 aromatic carbocycles. The van der Waals surface area contributed by atoms with Crippen molar-refractivity contribution in [3.8, 4) is 0 Å². The summed E-state index contributed by atoms with van der Waals surface area (Å²) >= 11 is 5.40. The zero-order valence-corrected chi connectivity index (χ0v) is 8.02. The van der Waals surface area contributed by atoms with Crippen LogP contribution in [0.3, 0.4) is 0 Å². The minimum Gasteiger partial charge on any atom is -0.384 e. The Morgan fingerprint density at radius 2 is 2.33 bits per heavy atom. The Labute approximate surface area is 75.8 Å². The molecular formula is C6H8ClNO3S. The molecule has 0 aromatic heterocycles. The fourth-order valence-corrected chi connectivity index (χ4v) is 2.04. The van der Waals surface area contributed by atoms with Gasteiger partial charge in [-0.2, -0.15) is 0 Å². The number of methoxy groups -OCH3 is 1. The molecule has 0 fully saturated rings. The minimum atomic E-state index is -3.44. The number of rotatable bonds is 3. The highest BCUT2D eigenvalue weighted by atomic mass is 35.5. The van der Waals surface area contributed by atoms with Crippen LogP contribution < -0.4 is 0 Å². The zero-order chi connectivity index (χ0) is 9.19. The van der Waals surface area contributed by atoms with E-state index in [1.165, 1.54) is 7.11 Å². The summed E-state index contributed by atoms with van der Waals surface area (Å²) in [5.41, 5.74) is 0. The van der Waals surface area contributed by atoms with Gasteiger partial charge < -0.3 is 4.74 Å². The predicted octanol–water partition coefficient (Wildman–Crippen LogP) is 0.888. The van der Waals surface area contributed by atoms with E-state index in [0.29, 0.717) is 6.61 Å². The van der Waals surface area contributed by atoms with E-state index in [4.69, 9.17) is 16.3 Å². The highest BCUT2D eigenvalue weighted by Crippen LogP contribution is 2.21. The molecule has 1 aliphatic heterocycles. The summed E-state index contributed by atoms with van der Waals surface area (Å²) in [5, 5.41) is 0.0781. The van der Waals surface area contributed by atoms with Gasteiger partial charge in [-0.1, -0.05) is 11.6 Å². The molecule has 68 valence electrons. The maximum Gasteiger partial charge on any atom is 0.232 e. The Hall–Kier alpha value is -0.390. The largest absolute Gasteiger partial charge is 0.384 e. The molecule has 0 spiro atoms. The fourth-order valence-electron chi connectivity index (χ4n) is 0.762. The highest BCUT2D eigenvalue weighted by Gasteiger charge is 2.27. The van der Waals surface area contributed by atoms with Crippen molar-refractivity contribution in [3.63, 3.8) is 0 Å². The van der Waals surface area contributed by atoms with Crippen LogP contribution in [0.4, 0.5) is 0 Å². The van der Waals surface area contributed by atoms with Crippen molar-refractivity contribution in [1.29, 1.82) is 0 Å². The molecule has 6 heteroatoms. The summed E-state index contributed by atoms with van der Waals surface area (Å²) in [6.45, 7) is 0.329. The second kappa shape index (κ2) is 3.55. The number of nitrogens with zero attached hydrogens (tertiary/aromatic N) is 1. The molecule has 4 nitrogen and oxygen atoms in total. The van der Waals surface area contributed by atoms with Crippen LogP contribution in [-0.2, 0) is 14.6 Å². The highest BCUT2D eigenvalue weighted by molar-refractivity contribution is 8.11. The van der Waals surface area contributed by atoms with Crippen molar-refractivity contribution in [2.24, 2.45) is 4.99 Å². The average Bonchev–Trinajstić information content (AvgIpc) is 2.25. The molecule has 0 saturated heterocycles. The van der Waals surface area contributed by atoms with Crippen molar-refractivity contribution in [3.05, 3.63) is 10.6 Å². The van der Waals surface area contributed by atoms with Crippen LogP contribution in [0, 0.1) is 0 Å². The Morgan fingerprint density at radius 3 is 2.75 bits per heavy atom. The van der Waals surface area contributed by atoms with Crippen LogP contribution in [0.15, 0.2) is 15.6 Å². The molecular weight excluding hydrogens is 202 g/mol. The first-order valence-corrected chi connectivity index (χ1v) is 5.11. The van der Waals surface area contributed by atoms with Gasteiger partial charge in [-0.25, -0.2) is 13.4 Å². The Kier molecular flexibility index (Phi) is 2.87. The van der Waals surface area contributed by atoms with Gasteiger partial charge in [0.05, 0.1) is 12.8 Å². The molecule has 0 aromatic rings. The molecule has 1 heterocycles. The SMILES string of the molecule is COCCC1=NC=C(Cl)S1(=O)=O. The third-order valence-corrected chi connectivity index (χ3v) is 3.65. The van der Waals surface area contributed by atoms with Crippen LogP contribution in [0.25, 0.3) is 0 Å². The van der Waals surface area contributed by atoms with E-state index in [1.54, 1.807) is 0 Å². The normalized spacial score (nSPS) is 20.5. The molecule has 0 saturated carbocycles. The molecule has 12 heavy (non-hydrogen) atoms. The minimum absolute atomic E-state index is 0.0781. The van der Waals surface area contributed by atoms with E-state index < -0.39 is 9.84 Å². The van der Waals surface area contributed by atoms with Crippen LogP contribution in [-0.4, -0.2) is 27.2 Å². The van der Waals surface area contributed by atoms with Crippen molar-refractivity contribution in [1.82, 2.24) is 0 Å². The van der Waals surface area contributed by atoms with Gasteiger partial charge in [-0.05, 0) is 0 Å². The van der Waals surface area contributed by atoms with E-state index in [2.05, 4.69) is 4.99 Å². The summed E-state index contributed by atoms with van der Waals surface area (Å²) in [5.74, 6) is 0. The topological polar surface area (TPSA) is 55.7 Å². The van der Waals surface area contributed by atoms with Crippen molar-refractivity contribution in [2.75, 3.05) is 13.7 Å². The lowest BCUT2D eigenvalue weighted by molar-refractivity contribution is 0.208. The summed E-state index contributed by atoms with van der Waals surface area (Å²) in [7, 11) is -1.94. The Balaban J connectivity index is 2.74. The summed E-state index contributed by atoms with van der Waals surface area (Å²) in [6.07, 6.45) is 1.41. The van der Waals surface area contributed by atoms with Crippen molar-refractivity contribution in [2.45, 2.75) is 6.42 Å². The molecule has 0 amide bonds. The van der Waals surface area contributed by atoms with Gasteiger partial charge in [-0.15, -0.1) is 0 Å². The maximum absolute atomic E-state index is 11.2. The van der Waals surface area contributed by atoms with Crippen molar-refractivity contribution >= 4 is 26.5 Å². The number of hydrogen-bond donors (Lipinski definition) is 0. The fraction of sp³-hybridized carbons (Fsp3) is 0.500. The van der Waals surface area contributed by atoms with E-state index >= 15 is 0 Å². The molecule has 0 radical (unpaired) electrons. The molecule has 0 N–H and O–H groups in total. The lowest BCUT2D eigenvalue weighted by Gasteiger charge is -1.99. The third-order valence-electron chi connectivity index (χ3n) is 1.40. The maximum atomic E-state index is 11.2. The molecule has 0 bridgehead atoms. The Bertz CT molecular complexity index is 331. The predicted molar refractivity (Wildman–Crippen MR) is 46.8 cm³/mol. The monoisotopic (exact) mass is 209 g/mol. The first kappa shape index (κ1) is 9.70. The molecule has 1 aliphatic rings. The van der Waals surface area contributed by atoms with Gasteiger partial charge in [0.15, 0.2) is 4.36 Å². The van der Waals surface area contributed by atoms with Crippen LogP contribution in [0.2, 0.25) is 0 Å². The van der Waals surface area contributed by atoms with Crippen LogP contribution in [0.1, 0.15) is 6.42 Å². The van der Waals surface area contributed by atoms with Crippen LogP contribution in [0.5, 0.6) is 0 Å². The summed E-state index contributed by atoms with van der Waals surface area (Å²) in [4.78, 5) is 3.66. The average molecular weight is 210 g/mol. The third kappa shape index (κ3) is 1.68. The van der Waals surface area contributed by atoms with E-state index in [0.717, 1.165) is 6.20 Å². The van der Waals surface area contributed by atoms with Crippen LogP contribution >= 0.6 is 11.6 Å². The number of ether oxygens (including phenoxy) is 1. The number of aliphatic imine (C=N–C) groups is 1. The second-order valence-corrected chi connectivity index (χ2v) is 4.75. The van der Waals surface area contributed by atoms with Gasteiger partial charge in [0.1, 0.15) is 5.04 Å². The van der Waals surface area contributed by atoms with Gasteiger partial charge >= 0.3 is 0 Å². The first-order chi connectivity index (χ1) is 5.59. The van der Waals surface area contributed by atoms with Crippen molar-refractivity contribution < 1.29 is 13.2 Å². The second-order valence-electron chi connectivity index (χ2n) is 2.20. The molecule has 0 aliphatic carbocycles. The van der Waals surface area contributed by atoms with Gasteiger partial charge in [-0.3, -0.25) is 0 Å². The quantitative estimate of drug-likeness (QED) is 0.694. The molecule has 1 rings (SSSR count). The Morgan fingerprint density at radius 1 is 1.67 bits per heavy atom. The smallest absolute Gasteiger partial charge is 0.232 e. The van der Waals surface area contributed by atoms with Gasteiger partial charge in [0.2, 0.25) is 9.84 Å². The zero-order valence-electron chi connectivity index (χ0n) is 6.45. The number of halogens is 1. The van der Waals surface area contributed by atoms with E-state index in [9.17, 15) is 8.42 Å². The van der Waals surface area contributed by atoms with E-state index in [-0.39, 0.29) is 15.8 Å². The van der Waals surface area contributed by atoms with Gasteiger partial charge in [0, 0.05) is 13.5 Å². The standard InChI is InChI=1S/C6H8ClNO3S/c1-11-3-2-6-8-4-5(7)12(6,9)10/h4H,2-3H2,1H3. The van der Waals surface area contributed by atoms with Gasteiger partial charge in [0.25, 0.3) is 0 Å².